The minimum Gasteiger partial charge on any atom is -0.493 e. The summed E-state index contributed by atoms with van der Waals surface area (Å²) >= 11 is 15.6. The number of nitrogens with one attached hydrogen (secondary N) is 1. The first-order valence-corrected chi connectivity index (χ1v) is 13.9. The molecule has 1 N–H and O–H groups in total. The summed E-state index contributed by atoms with van der Waals surface area (Å²) in [6, 6.07) is 14.1. The van der Waals surface area contributed by atoms with Crippen LogP contribution in [-0.2, 0) is 21.4 Å². The molecular formula is C25H24BrCl2N3O6S. The monoisotopic (exact) mass is 643 g/mol. The Kier molecular flexibility index (Phi) is 10.4. The minimum absolute atomic E-state index is 0.0134. The Morgan fingerprint density at radius 2 is 1.63 bits per heavy atom. The van der Waals surface area contributed by atoms with Crippen molar-refractivity contribution in [1.29, 1.82) is 0 Å². The number of methoxy groups -OCH3 is 3. The molecule has 9 nitrogen and oxygen atoms in total. The molecule has 3 aromatic carbocycles. The highest BCUT2D eigenvalue weighted by atomic mass is 79.9. The minimum atomic E-state index is -4.08. The number of amides is 1. The Morgan fingerprint density at radius 1 is 1.00 bits per heavy atom. The lowest BCUT2D eigenvalue weighted by Gasteiger charge is -2.22. The lowest BCUT2D eigenvalue weighted by Crippen LogP contribution is -2.39. The van der Waals surface area contributed by atoms with E-state index < -0.39 is 22.5 Å². The number of sulfonamides is 1. The first kappa shape index (κ1) is 29.7. The van der Waals surface area contributed by atoms with Crippen LogP contribution in [0.15, 0.2) is 69.1 Å². The van der Waals surface area contributed by atoms with Gasteiger partial charge < -0.3 is 14.2 Å². The highest BCUT2D eigenvalue weighted by molar-refractivity contribution is 9.10. The van der Waals surface area contributed by atoms with E-state index in [0.717, 1.165) is 4.31 Å². The third-order valence-corrected chi connectivity index (χ3v) is 8.14. The van der Waals surface area contributed by atoms with Gasteiger partial charge in [-0.1, -0.05) is 45.2 Å². The summed E-state index contributed by atoms with van der Waals surface area (Å²) in [6.07, 6.45) is 1.37. The molecule has 0 radical (unpaired) electrons. The van der Waals surface area contributed by atoms with Gasteiger partial charge in [-0.05, 0) is 54.1 Å². The number of ether oxygens (including phenoxy) is 3. The van der Waals surface area contributed by atoms with E-state index in [1.807, 2.05) is 0 Å². The van der Waals surface area contributed by atoms with Crippen molar-refractivity contribution in [1.82, 2.24) is 9.73 Å². The SMILES string of the molecule is COc1cc(C=NNC(=O)CN(Cc2ccc(Cl)cc2Cl)S(=O)(=O)c2ccc(Br)cc2)cc(OC)c1OC. The van der Waals surface area contributed by atoms with E-state index >= 15 is 0 Å². The van der Waals surface area contributed by atoms with Crippen molar-refractivity contribution in [2.45, 2.75) is 11.4 Å². The van der Waals surface area contributed by atoms with Crippen LogP contribution in [-0.4, -0.2) is 52.7 Å². The quantitative estimate of drug-likeness (QED) is 0.229. The van der Waals surface area contributed by atoms with E-state index in [4.69, 9.17) is 37.4 Å². The molecule has 3 aromatic rings. The molecule has 13 heteroatoms. The molecule has 0 unspecified atom stereocenters. The van der Waals surface area contributed by atoms with Gasteiger partial charge in [0.2, 0.25) is 15.8 Å². The van der Waals surface area contributed by atoms with Crippen molar-refractivity contribution in [3.05, 3.63) is 80.2 Å². The van der Waals surface area contributed by atoms with Gasteiger partial charge in [-0.25, -0.2) is 13.8 Å². The molecule has 1 amide bonds. The summed E-state index contributed by atoms with van der Waals surface area (Å²) in [4.78, 5) is 12.8. The molecule has 0 saturated heterocycles. The van der Waals surface area contributed by atoms with E-state index in [2.05, 4.69) is 26.5 Å². The normalized spacial score (nSPS) is 11.6. The van der Waals surface area contributed by atoms with Gasteiger partial charge in [0.15, 0.2) is 11.5 Å². The van der Waals surface area contributed by atoms with Gasteiger partial charge in [0.05, 0.1) is 39.0 Å². The Labute approximate surface area is 239 Å². The fourth-order valence-corrected chi connectivity index (χ4v) is 5.48. The number of halogens is 3. The van der Waals surface area contributed by atoms with Crippen LogP contribution in [0.2, 0.25) is 10.0 Å². The van der Waals surface area contributed by atoms with Crippen LogP contribution in [0, 0.1) is 0 Å². The number of nitrogens with zero attached hydrogens (tertiary/aromatic N) is 2. The second kappa shape index (κ2) is 13.3. The van der Waals surface area contributed by atoms with Gasteiger partial charge in [0, 0.05) is 26.6 Å². The van der Waals surface area contributed by atoms with Gasteiger partial charge in [-0.15, -0.1) is 0 Å². The maximum absolute atomic E-state index is 13.4. The smallest absolute Gasteiger partial charge is 0.255 e. The number of hydrazone groups is 1. The second-order valence-corrected chi connectivity index (χ2v) is 11.4. The number of hydrogen-bond donors (Lipinski definition) is 1. The first-order valence-electron chi connectivity index (χ1n) is 10.9. The molecule has 0 atom stereocenters. The second-order valence-electron chi connectivity index (χ2n) is 7.71. The van der Waals surface area contributed by atoms with Crippen LogP contribution < -0.4 is 19.6 Å². The molecule has 0 aliphatic heterocycles. The van der Waals surface area contributed by atoms with Crippen LogP contribution in [0.4, 0.5) is 0 Å². The molecule has 0 aliphatic rings. The highest BCUT2D eigenvalue weighted by Gasteiger charge is 2.27. The Hall–Kier alpha value is -2.83. The topological polar surface area (TPSA) is 107 Å². The fourth-order valence-electron chi connectivity index (χ4n) is 3.37. The lowest BCUT2D eigenvalue weighted by atomic mass is 10.2. The van der Waals surface area contributed by atoms with Crippen LogP contribution in [0.25, 0.3) is 0 Å². The average Bonchev–Trinajstić information content (AvgIpc) is 2.89. The largest absolute Gasteiger partial charge is 0.493 e. The van der Waals surface area contributed by atoms with E-state index in [1.54, 1.807) is 36.4 Å². The maximum atomic E-state index is 13.4. The molecule has 0 heterocycles. The van der Waals surface area contributed by atoms with Gasteiger partial charge in [0.1, 0.15) is 0 Å². The molecule has 202 valence electrons. The zero-order valence-corrected chi connectivity index (χ0v) is 24.5. The zero-order valence-electron chi connectivity index (χ0n) is 20.6. The van der Waals surface area contributed by atoms with Crippen LogP contribution in [0.3, 0.4) is 0 Å². The molecule has 0 aliphatic carbocycles. The third-order valence-electron chi connectivity index (χ3n) is 5.22. The standard InChI is InChI=1S/C25H24BrCl2N3O6S/c1-35-22-10-16(11-23(36-2)25(22)37-3)13-29-30-24(32)15-31(14-17-4-7-19(27)12-21(17)28)38(33,34)20-8-5-18(26)6-9-20/h4-13H,14-15H2,1-3H3,(H,30,32). The molecule has 0 spiro atoms. The van der Waals surface area contributed by atoms with Gasteiger partial charge in [-0.3, -0.25) is 4.79 Å². The van der Waals surface area contributed by atoms with E-state index in [0.29, 0.717) is 37.9 Å². The van der Waals surface area contributed by atoms with E-state index in [-0.39, 0.29) is 16.5 Å². The van der Waals surface area contributed by atoms with Crippen LogP contribution in [0.5, 0.6) is 17.2 Å². The van der Waals surface area contributed by atoms with Gasteiger partial charge >= 0.3 is 0 Å². The van der Waals surface area contributed by atoms with Crippen LogP contribution in [0.1, 0.15) is 11.1 Å². The van der Waals surface area contributed by atoms with Crippen molar-refractivity contribution >= 4 is 61.3 Å². The number of carbonyl (C=O) groups excluding carboxylic acids is 1. The summed E-state index contributed by atoms with van der Waals surface area (Å²) in [5.74, 6) is 0.558. The Morgan fingerprint density at radius 3 is 2.18 bits per heavy atom. The Balaban J connectivity index is 1.83. The van der Waals surface area contributed by atoms with Gasteiger partial charge in [0.25, 0.3) is 5.91 Å². The molecule has 38 heavy (non-hydrogen) atoms. The Bertz CT molecular complexity index is 1410. The van der Waals surface area contributed by atoms with Crippen LogP contribution >= 0.6 is 39.1 Å². The maximum Gasteiger partial charge on any atom is 0.255 e. The van der Waals surface area contributed by atoms with Crippen molar-refractivity contribution in [2.75, 3.05) is 27.9 Å². The van der Waals surface area contributed by atoms with Crippen molar-refractivity contribution < 1.29 is 27.4 Å². The number of hydrogen-bond acceptors (Lipinski definition) is 7. The first-order chi connectivity index (χ1) is 18.1. The number of carbonyl (C=O) groups is 1. The lowest BCUT2D eigenvalue weighted by molar-refractivity contribution is -0.121. The van der Waals surface area contributed by atoms with Crippen molar-refractivity contribution in [2.24, 2.45) is 5.10 Å². The summed E-state index contributed by atoms with van der Waals surface area (Å²) in [5.41, 5.74) is 3.38. The van der Waals surface area contributed by atoms with Gasteiger partial charge in [-0.2, -0.15) is 9.41 Å². The molecule has 0 aromatic heterocycles. The summed E-state index contributed by atoms with van der Waals surface area (Å²) < 4.78 is 44.5. The molecular weight excluding hydrogens is 621 g/mol. The summed E-state index contributed by atoms with van der Waals surface area (Å²) in [6.45, 7) is -0.692. The molecule has 0 bridgehead atoms. The number of benzene rings is 3. The highest BCUT2D eigenvalue weighted by Crippen LogP contribution is 2.37. The predicted molar refractivity (Wildman–Crippen MR) is 150 cm³/mol. The molecule has 3 rings (SSSR count). The summed E-state index contributed by atoms with van der Waals surface area (Å²) in [5, 5.41) is 4.63. The average molecular weight is 645 g/mol. The molecule has 0 saturated carbocycles. The van der Waals surface area contributed by atoms with E-state index in [1.165, 1.54) is 45.7 Å². The van der Waals surface area contributed by atoms with E-state index in [9.17, 15) is 13.2 Å². The predicted octanol–water partition coefficient (Wildman–Crippen LogP) is 5.12. The number of rotatable bonds is 11. The van der Waals surface area contributed by atoms with Crippen molar-refractivity contribution in [3.63, 3.8) is 0 Å². The summed E-state index contributed by atoms with van der Waals surface area (Å²) in [7, 11) is 0.365. The third kappa shape index (κ3) is 7.39. The molecule has 0 fully saturated rings. The zero-order chi connectivity index (χ0) is 27.9. The fraction of sp³-hybridized carbons (Fsp3) is 0.200. The van der Waals surface area contributed by atoms with Crippen molar-refractivity contribution in [3.8, 4) is 17.2 Å².